The molecule has 0 bridgehead atoms. The van der Waals surface area contributed by atoms with Gasteiger partial charge in [-0.3, -0.25) is 9.59 Å². The predicted octanol–water partition coefficient (Wildman–Crippen LogP) is 3.45. The molecule has 0 heterocycles. The lowest BCUT2D eigenvalue weighted by molar-refractivity contribution is -0.140. The van der Waals surface area contributed by atoms with Gasteiger partial charge in [0.25, 0.3) is 0 Å². The van der Waals surface area contributed by atoms with E-state index < -0.39 is 0 Å². The SMILES string of the molecule is CC(=O)OCC1=CCCC(=O)C=CC2C(CC1)C2(C)C. The van der Waals surface area contributed by atoms with Crippen LogP contribution in [0.2, 0.25) is 0 Å². The molecule has 0 aromatic rings. The van der Waals surface area contributed by atoms with Crippen LogP contribution < -0.4 is 0 Å². The number of fused-ring (bicyclic) bond motifs is 1. The minimum Gasteiger partial charge on any atom is -0.461 e. The Bertz CT molecular complexity index is 457. The summed E-state index contributed by atoms with van der Waals surface area (Å²) in [6, 6.07) is 0. The molecule has 0 radical (unpaired) electrons. The fourth-order valence-electron chi connectivity index (χ4n) is 3.20. The molecule has 2 rings (SSSR count). The van der Waals surface area contributed by atoms with E-state index in [1.807, 2.05) is 0 Å². The highest BCUT2D eigenvalue weighted by molar-refractivity contribution is 5.89. The number of esters is 1. The fraction of sp³-hybridized carbons (Fsp3) is 0.647. The zero-order valence-electron chi connectivity index (χ0n) is 12.6. The molecule has 2 unspecified atom stereocenters. The standard InChI is InChI=1S/C17H24O3/c1-12(18)20-11-13-5-4-6-14(19)8-10-16-15(9-7-13)17(16,2)3/h5,8,10,15-16H,4,6-7,9,11H2,1-3H3. The largest absolute Gasteiger partial charge is 0.461 e. The van der Waals surface area contributed by atoms with Gasteiger partial charge in [-0.1, -0.05) is 26.0 Å². The molecule has 2 aliphatic carbocycles. The van der Waals surface area contributed by atoms with Crippen molar-refractivity contribution in [3.05, 3.63) is 23.8 Å². The first kappa shape index (κ1) is 15.0. The Labute approximate surface area is 121 Å². The lowest BCUT2D eigenvalue weighted by atomic mass is 10.0. The molecule has 0 spiro atoms. The summed E-state index contributed by atoms with van der Waals surface area (Å²) < 4.78 is 5.10. The zero-order chi connectivity index (χ0) is 14.8. The number of carbonyl (C=O) groups excluding carboxylic acids is 2. The molecule has 1 saturated carbocycles. The molecular formula is C17H24O3. The second-order valence-corrected chi connectivity index (χ2v) is 6.50. The maximum absolute atomic E-state index is 11.8. The van der Waals surface area contributed by atoms with Gasteiger partial charge < -0.3 is 4.74 Å². The quantitative estimate of drug-likeness (QED) is 0.573. The predicted molar refractivity (Wildman–Crippen MR) is 78.1 cm³/mol. The minimum atomic E-state index is -0.248. The van der Waals surface area contributed by atoms with Crippen LogP contribution in [-0.4, -0.2) is 18.4 Å². The molecule has 0 aromatic carbocycles. The minimum absolute atomic E-state index is 0.191. The summed E-state index contributed by atoms with van der Waals surface area (Å²) in [6.45, 7) is 6.32. The van der Waals surface area contributed by atoms with Crippen LogP contribution in [0.15, 0.2) is 23.8 Å². The van der Waals surface area contributed by atoms with Gasteiger partial charge >= 0.3 is 5.97 Å². The van der Waals surface area contributed by atoms with Crippen molar-refractivity contribution < 1.29 is 14.3 Å². The summed E-state index contributed by atoms with van der Waals surface area (Å²) in [5.41, 5.74) is 1.44. The van der Waals surface area contributed by atoms with Gasteiger partial charge in [-0.2, -0.15) is 0 Å². The molecular weight excluding hydrogens is 252 g/mol. The van der Waals surface area contributed by atoms with E-state index in [4.69, 9.17) is 4.74 Å². The molecule has 3 heteroatoms. The summed E-state index contributed by atoms with van der Waals surface area (Å²) in [4.78, 5) is 22.7. The number of allylic oxidation sites excluding steroid dienone is 3. The Morgan fingerprint density at radius 3 is 2.85 bits per heavy atom. The van der Waals surface area contributed by atoms with Crippen molar-refractivity contribution in [1.82, 2.24) is 0 Å². The first-order chi connectivity index (χ1) is 9.41. The van der Waals surface area contributed by atoms with Gasteiger partial charge in [0, 0.05) is 13.3 Å². The van der Waals surface area contributed by atoms with Crippen LogP contribution in [-0.2, 0) is 14.3 Å². The maximum Gasteiger partial charge on any atom is 0.302 e. The van der Waals surface area contributed by atoms with Crippen molar-refractivity contribution in [2.24, 2.45) is 17.3 Å². The van der Waals surface area contributed by atoms with E-state index >= 15 is 0 Å². The Morgan fingerprint density at radius 1 is 1.40 bits per heavy atom. The summed E-state index contributed by atoms with van der Waals surface area (Å²) >= 11 is 0. The Kier molecular flexibility index (Phi) is 4.46. The van der Waals surface area contributed by atoms with Gasteiger partial charge in [0.2, 0.25) is 0 Å². The third-order valence-corrected chi connectivity index (χ3v) is 4.69. The smallest absolute Gasteiger partial charge is 0.302 e. The highest BCUT2D eigenvalue weighted by Gasteiger charge is 2.55. The number of hydrogen-bond donors (Lipinski definition) is 0. The average molecular weight is 276 g/mol. The molecule has 3 nitrogen and oxygen atoms in total. The van der Waals surface area contributed by atoms with Crippen LogP contribution in [0.4, 0.5) is 0 Å². The molecule has 110 valence electrons. The molecule has 0 N–H and O–H groups in total. The van der Waals surface area contributed by atoms with Crippen molar-refractivity contribution >= 4 is 11.8 Å². The van der Waals surface area contributed by atoms with Crippen LogP contribution in [0, 0.1) is 17.3 Å². The van der Waals surface area contributed by atoms with Crippen molar-refractivity contribution in [2.45, 2.75) is 46.5 Å². The molecule has 0 amide bonds. The first-order valence-electron chi connectivity index (χ1n) is 7.43. The number of rotatable bonds is 2. The number of ether oxygens (including phenoxy) is 1. The van der Waals surface area contributed by atoms with Gasteiger partial charge in [0.05, 0.1) is 0 Å². The van der Waals surface area contributed by atoms with Gasteiger partial charge in [0.15, 0.2) is 5.78 Å². The second-order valence-electron chi connectivity index (χ2n) is 6.50. The van der Waals surface area contributed by atoms with Crippen LogP contribution in [0.1, 0.15) is 46.5 Å². The van der Waals surface area contributed by atoms with Gasteiger partial charge in [0.1, 0.15) is 6.61 Å². The maximum atomic E-state index is 11.8. The lowest BCUT2D eigenvalue weighted by Gasteiger charge is -2.09. The zero-order valence-corrected chi connectivity index (χ0v) is 12.6. The van der Waals surface area contributed by atoms with E-state index in [0.29, 0.717) is 30.3 Å². The van der Waals surface area contributed by atoms with Gasteiger partial charge in [-0.15, -0.1) is 0 Å². The molecule has 1 fully saturated rings. The highest BCUT2D eigenvalue weighted by Crippen LogP contribution is 2.61. The average Bonchev–Trinajstić information content (AvgIpc) is 2.90. The summed E-state index contributed by atoms with van der Waals surface area (Å²) in [7, 11) is 0. The normalized spacial score (nSPS) is 28.9. The third kappa shape index (κ3) is 3.59. The number of hydrogen-bond acceptors (Lipinski definition) is 3. The molecule has 2 atom stereocenters. The number of carbonyl (C=O) groups is 2. The van der Waals surface area contributed by atoms with E-state index in [2.05, 4.69) is 26.0 Å². The molecule has 0 aliphatic heterocycles. The molecule has 2 aliphatic rings. The lowest BCUT2D eigenvalue weighted by Crippen LogP contribution is -2.04. The van der Waals surface area contributed by atoms with Crippen LogP contribution in [0.25, 0.3) is 0 Å². The van der Waals surface area contributed by atoms with Crippen molar-refractivity contribution in [2.75, 3.05) is 6.61 Å². The summed E-state index contributed by atoms with van der Waals surface area (Å²) in [6.07, 6.45) is 9.27. The summed E-state index contributed by atoms with van der Waals surface area (Å²) in [5, 5.41) is 0. The Morgan fingerprint density at radius 2 is 2.15 bits per heavy atom. The van der Waals surface area contributed by atoms with E-state index in [9.17, 15) is 9.59 Å². The van der Waals surface area contributed by atoms with Gasteiger partial charge in [-0.05, 0) is 48.2 Å². The Balaban J connectivity index is 2.04. The Hall–Kier alpha value is -1.38. The van der Waals surface area contributed by atoms with Crippen molar-refractivity contribution in [3.8, 4) is 0 Å². The van der Waals surface area contributed by atoms with Crippen molar-refractivity contribution in [3.63, 3.8) is 0 Å². The van der Waals surface area contributed by atoms with Gasteiger partial charge in [-0.25, -0.2) is 0 Å². The molecule has 0 aromatic heterocycles. The van der Waals surface area contributed by atoms with Crippen LogP contribution in [0.3, 0.4) is 0 Å². The van der Waals surface area contributed by atoms with Crippen molar-refractivity contribution in [1.29, 1.82) is 0 Å². The number of ketones is 1. The van der Waals surface area contributed by atoms with E-state index in [0.717, 1.165) is 24.8 Å². The van der Waals surface area contributed by atoms with Crippen LogP contribution in [0.5, 0.6) is 0 Å². The highest BCUT2D eigenvalue weighted by atomic mass is 16.5. The fourth-order valence-corrected chi connectivity index (χ4v) is 3.20. The van der Waals surface area contributed by atoms with E-state index in [1.165, 1.54) is 6.92 Å². The molecule has 0 saturated heterocycles. The van der Waals surface area contributed by atoms with E-state index in [-0.39, 0.29) is 11.8 Å². The molecule has 20 heavy (non-hydrogen) atoms. The second kappa shape index (κ2) is 5.94. The van der Waals surface area contributed by atoms with E-state index in [1.54, 1.807) is 6.08 Å². The third-order valence-electron chi connectivity index (χ3n) is 4.69. The first-order valence-corrected chi connectivity index (χ1v) is 7.43. The monoisotopic (exact) mass is 276 g/mol. The topological polar surface area (TPSA) is 43.4 Å². The summed E-state index contributed by atoms with van der Waals surface area (Å²) in [5.74, 6) is 1.09. The van der Waals surface area contributed by atoms with Crippen LogP contribution >= 0.6 is 0 Å².